The van der Waals surface area contributed by atoms with Gasteiger partial charge in [-0.25, -0.2) is 13.4 Å². The van der Waals surface area contributed by atoms with Crippen molar-refractivity contribution in [2.24, 2.45) is 5.92 Å². The highest BCUT2D eigenvalue weighted by Crippen LogP contribution is 2.38. The van der Waals surface area contributed by atoms with Crippen LogP contribution in [0.1, 0.15) is 39.0 Å². The summed E-state index contributed by atoms with van der Waals surface area (Å²) in [6.45, 7) is 3.70. The number of aromatic nitrogens is 2. The van der Waals surface area contributed by atoms with Crippen molar-refractivity contribution < 1.29 is 17.9 Å². The molecule has 3 aliphatic heterocycles. The van der Waals surface area contributed by atoms with Crippen molar-refractivity contribution in [1.29, 1.82) is 0 Å². The second-order valence-electron chi connectivity index (χ2n) is 8.25. The van der Waals surface area contributed by atoms with E-state index in [0.717, 1.165) is 32.1 Å². The predicted molar refractivity (Wildman–Crippen MR) is 111 cm³/mol. The molecule has 0 radical (unpaired) electrons. The molecule has 3 saturated heterocycles. The van der Waals surface area contributed by atoms with Gasteiger partial charge in [0.15, 0.2) is 0 Å². The number of nitrogens with zero attached hydrogens (tertiary/aromatic N) is 4. The van der Waals surface area contributed by atoms with Crippen LogP contribution in [-0.4, -0.2) is 73.4 Å². The first-order valence-electron chi connectivity index (χ1n) is 10.4. The number of sulfonamides is 1. The van der Waals surface area contributed by atoms with Crippen LogP contribution < -0.4 is 9.64 Å². The molecular weight excluding hydrogens is 416 g/mol. The van der Waals surface area contributed by atoms with Crippen LogP contribution in [0.15, 0.2) is 6.07 Å². The SMILES string of the molecule is CCS(=O)(=O)N1[C@@H]2CCC[C@H]1C[C@H](N(C)c1nc(Cl)cc(OCC3COC3)n1)C2. The standard InChI is InChI=1S/C19H29ClN4O4S/c1-3-29(25,26)24-14-5-4-6-15(24)8-16(7-14)23(2)19-21-17(20)9-18(22-19)28-12-13-10-27-11-13/h9,13-16H,3-8,10-12H2,1-2H3/t14-,15+,16-. The molecule has 0 spiro atoms. The molecule has 0 aromatic carbocycles. The predicted octanol–water partition coefficient (Wildman–Crippen LogP) is 2.33. The molecule has 0 unspecified atom stereocenters. The van der Waals surface area contributed by atoms with Gasteiger partial charge >= 0.3 is 0 Å². The van der Waals surface area contributed by atoms with Gasteiger partial charge in [-0.2, -0.15) is 9.29 Å². The van der Waals surface area contributed by atoms with E-state index >= 15 is 0 Å². The zero-order valence-electron chi connectivity index (χ0n) is 17.0. The van der Waals surface area contributed by atoms with Crippen LogP contribution in [0.5, 0.6) is 5.88 Å². The summed E-state index contributed by atoms with van der Waals surface area (Å²) in [6.07, 6.45) is 4.45. The van der Waals surface area contributed by atoms with E-state index in [4.69, 9.17) is 21.1 Å². The van der Waals surface area contributed by atoms with Gasteiger partial charge in [-0.1, -0.05) is 18.0 Å². The number of fused-ring (bicyclic) bond motifs is 2. The molecule has 8 nitrogen and oxygen atoms in total. The summed E-state index contributed by atoms with van der Waals surface area (Å²) in [5.74, 6) is 1.54. The molecule has 0 saturated carbocycles. The molecule has 29 heavy (non-hydrogen) atoms. The molecule has 162 valence electrons. The lowest BCUT2D eigenvalue weighted by Crippen LogP contribution is -2.58. The van der Waals surface area contributed by atoms with Crippen LogP contribution >= 0.6 is 11.6 Å². The van der Waals surface area contributed by atoms with Gasteiger partial charge in [-0.3, -0.25) is 0 Å². The zero-order valence-corrected chi connectivity index (χ0v) is 18.5. The normalized spacial score (nSPS) is 28.0. The van der Waals surface area contributed by atoms with Crippen molar-refractivity contribution in [3.63, 3.8) is 0 Å². The smallest absolute Gasteiger partial charge is 0.230 e. The molecule has 3 atom stereocenters. The number of piperidine rings is 2. The number of anilines is 1. The number of hydrogen-bond acceptors (Lipinski definition) is 7. The second-order valence-corrected chi connectivity index (χ2v) is 10.8. The van der Waals surface area contributed by atoms with E-state index in [1.807, 2.05) is 11.9 Å². The molecule has 2 bridgehead atoms. The first-order chi connectivity index (χ1) is 13.9. The summed E-state index contributed by atoms with van der Waals surface area (Å²) in [7, 11) is -1.23. The fourth-order valence-electron chi connectivity index (χ4n) is 4.59. The van der Waals surface area contributed by atoms with Crippen molar-refractivity contribution in [3.8, 4) is 5.88 Å². The van der Waals surface area contributed by atoms with Crippen molar-refractivity contribution in [3.05, 3.63) is 11.2 Å². The average Bonchev–Trinajstić information content (AvgIpc) is 2.64. The Hall–Kier alpha value is -1.16. The lowest BCUT2D eigenvalue weighted by Gasteiger charge is -2.49. The van der Waals surface area contributed by atoms with Gasteiger partial charge < -0.3 is 14.4 Å². The third-order valence-electron chi connectivity index (χ3n) is 6.27. The van der Waals surface area contributed by atoms with Crippen molar-refractivity contribution in [1.82, 2.24) is 14.3 Å². The van der Waals surface area contributed by atoms with E-state index < -0.39 is 10.0 Å². The molecule has 1 aromatic heterocycles. The highest BCUT2D eigenvalue weighted by atomic mass is 35.5. The zero-order chi connectivity index (χ0) is 20.6. The Bertz CT molecular complexity index is 821. The molecule has 3 aliphatic rings. The molecule has 0 N–H and O–H groups in total. The van der Waals surface area contributed by atoms with Crippen LogP contribution in [-0.2, 0) is 14.8 Å². The first-order valence-corrected chi connectivity index (χ1v) is 12.3. The summed E-state index contributed by atoms with van der Waals surface area (Å²) >= 11 is 6.22. The summed E-state index contributed by atoms with van der Waals surface area (Å²) in [4.78, 5) is 11.0. The monoisotopic (exact) mass is 444 g/mol. The van der Waals surface area contributed by atoms with Crippen LogP contribution in [0.4, 0.5) is 5.95 Å². The Balaban J connectivity index is 1.48. The number of halogens is 1. The lowest BCUT2D eigenvalue weighted by atomic mass is 9.83. The molecule has 4 rings (SSSR count). The van der Waals surface area contributed by atoms with Crippen molar-refractivity contribution in [2.75, 3.05) is 37.5 Å². The molecule has 10 heteroatoms. The number of hydrogen-bond donors (Lipinski definition) is 0. The van der Waals surface area contributed by atoms with Gasteiger partial charge in [0.05, 0.1) is 25.6 Å². The molecule has 0 aliphatic carbocycles. The van der Waals surface area contributed by atoms with Gasteiger partial charge in [-0.05, 0) is 32.6 Å². The second kappa shape index (κ2) is 8.53. The molecule has 4 heterocycles. The number of rotatable bonds is 7. The van der Waals surface area contributed by atoms with E-state index in [1.165, 1.54) is 0 Å². The van der Waals surface area contributed by atoms with E-state index in [1.54, 1.807) is 17.3 Å². The van der Waals surface area contributed by atoms with Gasteiger partial charge in [0, 0.05) is 37.2 Å². The maximum Gasteiger partial charge on any atom is 0.230 e. The summed E-state index contributed by atoms with van der Waals surface area (Å²) in [6, 6.07) is 1.89. The lowest BCUT2D eigenvalue weighted by molar-refractivity contribution is -0.0514. The van der Waals surface area contributed by atoms with Gasteiger partial charge in [0.1, 0.15) is 5.15 Å². The van der Waals surface area contributed by atoms with Crippen molar-refractivity contribution in [2.45, 2.75) is 57.2 Å². The largest absolute Gasteiger partial charge is 0.477 e. The van der Waals surface area contributed by atoms with Crippen LogP contribution in [0, 0.1) is 5.92 Å². The van der Waals surface area contributed by atoms with Gasteiger partial charge in [0.25, 0.3) is 0 Å². The Kier molecular flexibility index (Phi) is 6.20. The molecule has 0 amide bonds. The third kappa shape index (κ3) is 4.47. The minimum Gasteiger partial charge on any atom is -0.477 e. The average molecular weight is 445 g/mol. The molecular formula is C19H29ClN4O4S. The maximum atomic E-state index is 12.6. The van der Waals surface area contributed by atoms with Crippen LogP contribution in [0.25, 0.3) is 0 Å². The van der Waals surface area contributed by atoms with Gasteiger partial charge in [-0.15, -0.1) is 0 Å². The van der Waals surface area contributed by atoms with E-state index in [-0.39, 0.29) is 23.9 Å². The number of ether oxygens (including phenoxy) is 2. The van der Waals surface area contributed by atoms with E-state index in [9.17, 15) is 8.42 Å². The van der Waals surface area contributed by atoms with E-state index in [2.05, 4.69) is 9.97 Å². The quantitative estimate of drug-likeness (QED) is 0.596. The van der Waals surface area contributed by atoms with Gasteiger partial charge in [0.2, 0.25) is 21.9 Å². The maximum absolute atomic E-state index is 12.6. The van der Waals surface area contributed by atoms with E-state index in [0.29, 0.717) is 42.7 Å². The fourth-order valence-corrected chi connectivity index (χ4v) is 6.35. The fraction of sp³-hybridized carbons (Fsp3) is 0.789. The summed E-state index contributed by atoms with van der Waals surface area (Å²) < 4.78 is 38.0. The Labute approximate surface area is 177 Å². The van der Waals surface area contributed by atoms with Crippen LogP contribution in [0.2, 0.25) is 5.15 Å². The topological polar surface area (TPSA) is 84.9 Å². The summed E-state index contributed by atoms with van der Waals surface area (Å²) in [5.41, 5.74) is 0. The Morgan fingerprint density at radius 1 is 1.28 bits per heavy atom. The Morgan fingerprint density at radius 2 is 1.97 bits per heavy atom. The first kappa shape index (κ1) is 21.1. The minimum absolute atomic E-state index is 0.0495. The highest BCUT2D eigenvalue weighted by molar-refractivity contribution is 7.89. The molecule has 3 fully saturated rings. The minimum atomic E-state index is -3.19. The van der Waals surface area contributed by atoms with Crippen LogP contribution in [0.3, 0.4) is 0 Å². The Morgan fingerprint density at radius 3 is 2.55 bits per heavy atom. The summed E-state index contributed by atoms with van der Waals surface area (Å²) in [5, 5.41) is 0.341. The highest BCUT2D eigenvalue weighted by Gasteiger charge is 2.45. The third-order valence-corrected chi connectivity index (χ3v) is 8.43. The van der Waals surface area contributed by atoms with Crippen molar-refractivity contribution >= 4 is 27.6 Å². The molecule has 1 aromatic rings.